The molecule has 1 aromatic rings. The Kier molecular flexibility index (Phi) is 4.82. The molecule has 0 atom stereocenters. The number of methoxy groups -OCH3 is 1. The first-order valence-corrected chi connectivity index (χ1v) is 6.21. The van der Waals surface area contributed by atoms with E-state index in [1.807, 2.05) is 13.8 Å². The Morgan fingerprint density at radius 2 is 1.71 bits per heavy atom. The summed E-state index contributed by atoms with van der Waals surface area (Å²) in [5.74, 6) is -0.818. The summed E-state index contributed by atoms with van der Waals surface area (Å²) in [6.07, 6.45) is 1.22. The van der Waals surface area contributed by atoms with Crippen LogP contribution < -0.4 is 0 Å². The van der Waals surface area contributed by atoms with E-state index in [9.17, 15) is 14.9 Å². The summed E-state index contributed by atoms with van der Waals surface area (Å²) in [4.78, 5) is 22.3. The third-order valence-electron chi connectivity index (χ3n) is 3.70. The molecular formula is C15H16N2O4. The molecule has 0 fully saturated rings. The van der Waals surface area contributed by atoms with Crippen LogP contribution in [0.4, 0.5) is 5.69 Å². The van der Waals surface area contributed by atoms with Gasteiger partial charge < -0.3 is 4.74 Å². The van der Waals surface area contributed by atoms with Crippen LogP contribution in [-0.2, 0) is 9.53 Å². The largest absolute Gasteiger partial charge is 0.465 e. The van der Waals surface area contributed by atoms with E-state index in [4.69, 9.17) is 5.26 Å². The second-order valence-corrected chi connectivity index (χ2v) is 4.68. The van der Waals surface area contributed by atoms with Crippen LogP contribution in [0.25, 0.3) is 6.08 Å². The van der Waals surface area contributed by atoms with Crippen molar-refractivity contribution in [2.75, 3.05) is 7.11 Å². The molecule has 1 rings (SSSR count). The minimum atomic E-state index is -0.818. The van der Waals surface area contributed by atoms with Crippen molar-refractivity contribution in [3.63, 3.8) is 0 Å². The Hall–Kier alpha value is -2.68. The molecule has 6 heteroatoms. The average Bonchev–Trinajstić information content (AvgIpc) is 2.46. The van der Waals surface area contributed by atoms with Gasteiger partial charge in [0.25, 0.3) is 5.69 Å². The quantitative estimate of drug-likeness (QED) is 0.280. The van der Waals surface area contributed by atoms with E-state index in [0.29, 0.717) is 11.1 Å². The lowest BCUT2D eigenvalue weighted by Gasteiger charge is -2.13. The van der Waals surface area contributed by atoms with Crippen LogP contribution in [-0.4, -0.2) is 18.0 Å². The number of benzene rings is 1. The number of esters is 1. The van der Waals surface area contributed by atoms with Crippen LogP contribution in [0, 0.1) is 49.1 Å². The fourth-order valence-electron chi connectivity index (χ4n) is 2.12. The van der Waals surface area contributed by atoms with Crippen molar-refractivity contribution in [3.05, 3.63) is 43.5 Å². The van der Waals surface area contributed by atoms with Gasteiger partial charge in [0, 0.05) is 5.56 Å². The normalized spacial score (nSPS) is 11.0. The smallest absolute Gasteiger partial charge is 0.348 e. The highest BCUT2D eigenvalue weighted by Gasteiger charge is 2.24. The molecule has 0 saturated heterocycles. The Bertz CT molecular complexity index is 697. The van der Waals surface area contributed by atoms with Crippen molar-refractivity contribution < 1.29 is 14.5 Å². The standard InChI is InChI=1S/C15H16N2O4/c1-8-9(2)11(4)14(17(19)20)13(10(8)3)6-12(7-16)15(18)21-5/h6H,1-5H3/b12-6+. The summed E-state index contributed by atoms with van der Waals surface area (Å²) in [6, 6.07) is 1.71. The van der Waals surface area contributed by atoms with E-state index in [-0.39, 0.29) is 16.8 Å². The molecule has 0 unspecified atom stereocenters. The molecule has 6 nitrogen and oxygen atoms in total. The van der Waals surface area contributed by atoms with Gasteiger partial charge in [0.2, 0.25) is 0 Å². The predicted octanol–water partition coefficient (Wildman–Crippen LogP) is 2.91. The SMILES string of the molecule is COC(=O)/C(C#N)=C/c1c(C)c(C)c(C)c(C)c1[N+](=O)[O-]. The number of nitrogens with zero attached hydrogens (tertiary/aromatic N) is 2. The molecule has 0 aliphatic carbocycles. The lowest BCUT2D eigenvalue weighted by Crippen LogP contribution is -2.06. The average molecular weight is 288 g/mol. The first kappa shape index (κ1) is 16.4. The zero-order valence-electron chi connectivity index (χ0n) is 12.6. The van der Waals surface area contributed by atoms with Gasteiger partial charge in [0.15, 0.2) is 0 Å². The molecule has 0 radical (unpaired) electrons. The van der Waals surface area contributed by atoms with Crippen LogP contribution >= 0.6 is 0 Å². The number of hydrogen-bond donors (Lipinski definition) is 0. The highest BCUT2D eigenvalue weighted by Crippen LogP contribution is 2.34. The topological polar surface area (TPSA) is 93.2 Å². The summed E-state index contributed by atoms with van der Waals surface area (Å²) in [5.41, 5.74) is 2.82. The molecular weight excluding hydrogens is 272 g/mol. The molecule has 0 saturated carbocycles. The van der Waals surface area contributed by atoms with Gasteiger partial charge in [-0.3, -0.25) is 10.1 Å². The number of hydrogen-bond acceptors (Lipinski definition) is 5. The Morgan fingerprint density at radius 3 is 2.14 bits per heavy atom. The van der Waals surface area contributed by atoms with Crippen LogP contribution in [0.5, 0.6) is 0 Å². The van der Waals surface area contributed by atoms with Crippen molar-refractivity contribution in [1.82, 2.24) is 0 Å². The van der Waals surface area contributed by atoms with Gasteiger partial charge in [-0.1, -0.05) is 0 Å². The number of nitro groups is 1. The third-order valence-corrected chi connectivity index (χ3v) is 3.70. The maximum Gasteiger partial charge on any atom is 0.348 e. The molecule has 0 aliphatic rings. The fourth-order valence-corrected chi connectivity index (χ4v) is 2.12. The number of carbonyl (C=O) groups excluding carboxylic acids is 1. The monoisotopic (exact) mass is 288 g/mol. The molecule has 1 aromatic carbocycles. The molecule has 21 heavy (non-hydrogen) atoms. The summed E-state index contributed by atoms with van der Waals surface area (Å²) < 4.78 is 4.50. The highest BCUT2D eigenvalue weighted by atomic mass is 16.6. The molecule has 110 valence electrons. The lowest BCUT2D eigenvalue weighted by molar-refractivity contribution is -0.385. The first-order chi connectivity index (χ1) is 9.76. The van der Waals surface area contributed by atoms with E-state index >= 15 is 0 Å². The second kappa shape index (κ2) is 6.18. The van der Waals surface area contributed by atoms with E-state index in [2.05, 4.69) is 4.74 Å². The molecule has 0 spiro atoms. The zero-order chi connectivity index (χ0) is 16.3. The van der Waals surface area contributed by atoms with Crippen molar-refractivity contribution >= 4 is 17.7 Å². The maximum atomic E-state index is 11.5. The van der Waals surface area contributed by atoms with Gasteiger partial charge in [-0.2, -0.15) is 5.26 Å². The van der Waals surface area contributed by atoms with E-state index in [1.54, 1.807) is 19.9 Å². The van der Waals surface area contributed by atoms with Gasteiger partial charge in [-0.25, -0.2) is 4.79 Å². The predicted molar refractivity (Wildman–Crippen MR) is 77.7 cm³/mol. The summed E-state index contributed by atoms with van der Waals surface area (Å²) in [7, 11) is 1.15. The molecule has 0 N–H and O–H groups in total. The minimum Gasteiger partial charge on any atom is -0.465 e. The Balaban J connectivity index is 3.78. The van der Waals surface area contributed by atoms with Crippen molar-refractivity contribution in [2.24, 2.45) is 0 Å². The molecule has 0 bridgehead atoms. The minimum absolute atomic E-state index is 0.0905. The second-order valence-electron chi connectivity index (χ2n) is 4.68. The number of rotatable bonds is 3. The van der Waals surface area contributed by atoms with Crippen molar-refractivity contribution in [2.45, 2.75) is 27.7 Å². The van der Waals surface area contributed by atoms with Gasteiger partial charge in [-0.05, 0) is 50.5 Å². The number of nitriles is 1. The van der Waals surface area contributed by atoms with Crippen LogP contribution in [0.3, 0.4) is 0 Å². The summed E-state index contributed by atoms with van der Waals surface area (Å²) >= 11 is 0. The summed E-state index contributed by atoms with van der Waals surface area (Å²) in [6.45, 7) is 7.04. The molecule has 0 heterocycles. The van der Waals surface area contributed by atoms with Gasteiger partial charge >= 0.3 is 5.97 Å². The highest BCUT2D eigenvalue weighted by molar-refractivity contribution is 5.98. The first-order valence-electron chi connectivity index (χ1n) is 6.21. The molecule has 0 amide bonds. The summed E-state index contributed by atoms with van der Waals surface area (Å²) in [5, 5.41) is 20.4. The van der Waals surface area contributed by atoms with Gasteiger partial charge in [-0.15, -0.1) is 0 Å². The Labute approximate surface area is 122 Å². The number of nitro benzene ring substituents is 1. The van der Waals surface area contributed by atoms with Gasteiger partial charge in [0.05, 0.1) is 17.6 Å². The van der Waals surface area contributed by atoms with E-state index in [0.717, 1.165) is 18.2 Å². The van der Waals surface area contributed by atoms with Crippen LogP contribution in [0.1, 0.15) is 27.8 Å². The van der Waals surface area contributed by atoms with Crippen LogP contribution in [0.2, 0.25) is 0 Å². The third kappa shape index (κ3) is 2.92. The van der Waals surface area contributed by atoms with E-state index < -0.39 is 10.9 Å². The lowest BCUT2D eigenvalue weighted by atomic mass is 9.91. The maximum absolute atomic E-state index is 11.5. The molecule has 0 aromatic heterocycles. The van der Waals surface area contributed by atoms with Crippen LogP contribution in [0.15, 0.2) is 5.57 Å². The van der Waals surface area contributed by atoms with E-state index in [1.165, 1.54) is 6.08 Å². The van der Waals surface area contributed by atoms with Gasteiger partial charge in [0.1, 0.15) is 11.6 Å². The molecule has 0 aliphatic heterocycles. The zero-order valence-corrected chi connectivity index (χ0v) is 12.6. The number of carbonyl (C=O) groups is 1. The Morgan fingerprint density at radius 1 is 1.19 bits per heavy atom. The van der Waals surface area contributed by atoms with Crippen molar-refractivity contribution in [3.8, 4) is 6.07 Å². The number of ether oxygens (including phenoxy) is 1. The van der Waals surface area contributed by atoms with Crippen molar-refractivity contribution in [1.29, 1.82) is 5.26 Å². The fraction of sp³-hybridized carbons (Fsp3) is 0.333.